The first-order valence-electron chi connectivity index (χ1n) is 36.6. The lowest BCUT2D eigenvalue weighted by Crippen LogP contribution is -2.60. The second kappa shape index (κ2) is 33.2. The van der Waals surface area contributed by atoms with Crippen LogP contribution in [0.1, 0.15) is 96.0 Å². The third-order valence-corrected chi connectivity index (χ3v) is 22.5. The number of hydrogen-bond acceptors (Lipinski definition) is 26. The van der Waals surface area contributed by atoms with Crippen molar-refractivity contribution in [2.24, 2.45) is 5.41 Å². The van der Waals surface area contributed by atoms with Gasteiger partial charge in [-0.3, -0.25) is 40.7 Å². The molecule has 29 nitrogen and oxygen atoms in total. The van der Waals surface area contributed by atoms with Gasteiger partial charge in [-0.2, -0.15) is 0 Å². The summed E-state index contributed by atoms with van der Waals surface area (Å²) in [5.74, 6) is 1.06. The van der Waals surface area contributed by atoms with Gasteiger partial charge in [0.2, 0.25) is 0 Å². The molecule has 1 spiro atoms. The Labute approximate surface area is 652 Å². The number of fused-ring (bicyclic) bond motifs is 3. The van der Waals surface area contributed by atoms with Crippen LogP contribution >= 0.6 is 34.0 Å². The van der Waals surface area contributed by atoms with Crippen LogP contribution in [0, 0.1) is 5.41 Å². The van der Waals surface area contributed by atoms with Gasteiger partial charge in [-0.1, -0.05) is 40.1 Å². The molecule has 4 fully saturated rings. The van der Waals surface area contributed by atoms with E-state index in [1.54, 1.807) is 71.3 Å². The van der Waals surface area contributed by atoms with E-state index in [0.29, 0.717) is 57.9 Å². The van der Waals surface area contributed by atoms with Gasteiger partial charge >= 0.3 is 18.1 Å². The standard InChI is InChI=1S/C29H33N7O3S.C28H33N7O3S.C22H20N6O3S/c1-3-30-27(38)35-28-34-24-12-20(21-13-32-26(18(2)37)33-14-21)11-22(25(24)40-28)23-10-19(4-7-31-23)15-36-8-5-29(6-9-36)16-39-17-29;1-6-29-25(36)34-26-33-22-11-18(19-12-31-24(32-13-19)27(2,3)37)10-20(23(22)39-26)21-9-17(7-8-30-21)14-35-15-28(4,16-35)38-5;1-2-23-20(29)28-21-27-17-8-13(7-15(18(17)32-21)16-5-3-4-6-24-16)14-9-25-19(26-10-14)22(30)11-31-12-22/h4,7,10-14,18,37H,3,5-6,8-9,15-17H2,1-2H3,(H2,30,34,35,38);7-13,37H,6,14-16H2,1-5H3,(H2,29,33,34,36);3-10,30H,2,11-12H2,1H3,(H2,23,27,28,29). The monoisotopic (exact) mass is 1550 g/mol. The van der Waals surface area contributed by atoms with E-state index >= 15 is 0 Å². The number of hydrogen-bond donors (Lipinski definition) is 9. The van der Waals surface area contributed by atoms with Gasteiger partial charge in [0.05, 0.1) is 79.8 Å². The quantitative estimate of drug-likeness (QED) is 0.0342. The molecule has 1 unspecified atom stereocenters. The summed E-state index contributed by atoms with van der Waals surface area (Å²) in [6.45, 7) is 22.0. The second-order valence-electron chi connectivity index (χ2n) is 28.7. The van der Waals surface area contributed by atoms with Crippen molar-refractivity contribution >= 4 is 98.1 Å². The van der Waals surface area contributed by atoms with Crippen LogP contribution < -0.4 is 31.9 Å². The highest BCUT2D eigenvalue weighted by atomic mass is 32.1. The number of thiazole rings is 3. The highest BCUT2D eigenvalue weighted by molar-refractivity contribution is 7.23. The molecule has 0 radical (unpaired) electrons. The fourth-order valence-corrected chi connectivity index (χ4v) is 16.2. The minimum absolute atomic E-state index is 0.0880. The third kappa shape index (κ3) is 18.0. The Morgan fingerprint density at radius 3 is 1.36 bits per heavy atom. The average Bonchev–Trinajstić information content (AvgIpc) is 1.75. The van der Waals surface area contributed by atoms with Crippen LogP contribution in [0.2, 0.25) is 0 Å². The van der Waals surface area contributed by atoms with Crippen molar-refractivity contribution in [3.8, 4) is 67.2 Å². The zero-order valence-electron chi connectivity index (χ0n) is 62.7. The van der Waals surface area contributed by atoms with Crippen molar-refractivity contribution < 1.29 is 43.9 Å². The molecule has 0 bridgehead atoms. The predicted octanol–water partition coefficient (Wildman–Crippen LogP) is 12.2. The maximum atomic E-state index is 12.2. The van der Waals surface area contributed by atoms with E-state index < -0.39 is 17.3 Å². The molecule has 4 aliphatic rings. The Hall–Kier alpha value is -10.5. The molecular formula is C79H86N20O9S3. The molecule has 0 saturated carbocycles. The van der Waals surface area contributed by atoms with E-state index in [-0.39, 0.29) is 36.9 Å². The van der Waals surface area contributed by atoms with Gasteiger partial charge in [-0.25, -0.2) is 59.2 Å². The van der Waals surface area contributed by atoms with Crippen LogP contribution in [-0.2, 0) is 38.5 Å². The number of urea groups is 3. The summed E-state index contributed by atoms with van der Waals surface area (Å²) >= 11 is 4.22. The fourth-order valence-electron chi connectivity index (χ4n) is 13.4. The molecule has 0 aliphatic carbocycles. The minimum atomic E-state index is -1.14. The van der Waals surface area contributed by atoms with Crippen LogP contribution in [-0.4, -0.2) is 188 Å². The molecule has 9 aromatic heterocycles. The summed E-state index contributed by atoms with van der Waals surface area (Å²) in [7, 11) is 1.76. The molecule has 9 N–H and O–H groups in total. The molecule has 32 heteroatoms. The van der Waals surface area contributed by atoms with E-state index in [2.05, 4.69) is 119 Å². The van der Waals surface area contributed by atoms with Gasteiger partial charge in [0.25, 0.3) is 0 Å². The zero-order chi connectivity index (χ0) is 77.6. The molecule has 12 aromatic rings. The number of anilines is 3. The Morgan fingerprint density at radius 2 is 0.973 bits per heavy atom. The number of nitrogens with zero attached hydrogens (tertiary/aromatic N) is 14. The van der Waals surface area contributed by atoms with Crippen LogP contribution in [0.3, 0.4) is 0 Å². The van der Waals surface area contributed by atoms with Gasteiger partial charge in [-0.05, 0) is 175 Å². The Bertz CT molecular complexity index is 5310. The molecule has 4 aliphatic heterocycles. The zero-order valence-corrected chi connectivity index (χ0v) is 65.1. The first-order chi connectivity index (χ1) is 53.5. The summed E-state index contributed by atoms with van der Waals surface area (Å²) in [4.78, 5) is 95.3. The number of aromatic nitrogens is 12. The summed E-state index contributed by atoms with van der Waals surface area (Å²) in [6.07, 6.45) is 17.2. The lowest BCUT2D eigenvalue weighted by Gasteiger charge is -2.47. The number of aliphatic hydroxyl groups excluding tert-OH is 1. The maximum Gasteiger partial charge on any atom is 0.321 e. The second-order valence-corrected chi connectivity index (χ2v) is 31.7. The largest absolute Gasteiger partial charge is 0.385 e. The highest BCUT2D eigenvalue weighted by Crippen LogP contribution is 2.44. The van der Waals surface area contributed by atoms with E-state index in [1.807, 2.05) is 81.7 Å². The smallest absolute Gasteiger partial charge is 0.321 e. The number of methoxy groups -OCH3 is 1. The molecule has 3 aromatic carbocycles. The lowest BCUT2D eigenvalue weighted by atomic mass is 9.77. The van der Waals surface area contributed by atoms with E-state index in [1.165, 1.54) is 52.4 Å². The summed E-state index contributed by atoms with van der Waals surface area (Å²) in [6, 6.07) is 25.2. The van der Waals surface area contributed by atoms with Crippen molar-refractivity contribution in [2.45, 2.75) is 97.3 Å². The van der Waals surface area contributed by atoms with Crippen LogP contribution in [0.5, 0.6) is 0 Å². The number of amides is 6. The number of nitrogens with one attached hydrogen (secondary N) is 6. The molecule has 111 heavy (non-hydrogen) atoms. The number of carbonyl (C=O) groups is 3. The number of aliphatic hydroxyl groups is 3. The lowest BCUT2D eigenvalue weighted by molar-refractivity contribution is -0.189. The van der Waals surface area contributed by atoms with Crippen molar-refractivity contribution in [1.29, 1.82) is 0 Å². The normalized spacial score (nSPS) is 15.9. The highest BCUT2D eigenvalue weighted by Gasteiger charge is 2.43. The Kier molecular flexibility index (Phi) is 23.1. The first kappa shape index (κ1) is 77.2. The van der Waals surface area contributed by atoms with Gasteiger partial charge in [0.15, 0.2) is 38.5 Å². The van der Waals surface area contributed by atoms with Crippen molar-refractivity contribution in [3.63, 3.8) is 0 Å². The number of benzene rings is 3. The van der Waals surface area contributed by atoms with Crippen LogP contribution in [0.25, 0.3) is 97.8 Å². The maximum absolute atomic E-state index is 12.2. The topological polar surface area (TPSA) is 373 Å². The summed E-state index contributed by atoms with van der Waals surface area (Å²) in [5, 5.41) is 48.6. The van der Waals surface area contributed by atoms with Crippen molar-refractivity contribution in [1.82, 2.24) is 85.6 Å². The average molecular weight is 1560 g/mol. The van der Waals surface area contributed by atoms with Gasteiger partial charge < -0.3 is 45.5 Å². The minimum Gasteiger partial charge on any atom is -0.385 e. The van der Waals surface area contributed by atoms with E-state index in [0.717, 1.165) is 156 Å². The van der Waals surface area contributed by atoms with Gasteiger partial charge in [0.1, 0.15) is 11.7 Å². The Morgan fingerprint density at radius 1 is 0.550 bits per heavy atom. The van der Waals surface area contributed by atoms with Gasteiger partial charge in [-0.15, -0.1) is 0 Å². The number of ether oxygens (including phenoxy) is 3. The number of piperidine rings is 1. The van der Waals surface area contributed by atoms with E-state index in [4.69, 9.17) is 34.1 Å². The van der Waals surface area contributed by atoms with Crippen molar-refractivity contribution in [2.75, 3.05) is 95.3 Å². The molecule has 4 saturated heterocycles. The molecule has 16 rings (SSSR count). The molecular weight excluding hydrogens is 1470 g/mol. The van der Waals surface area contributed by atoms with Gasteiger partial charge in [0, 0.05) is 147 Å². The molecule has 1 atom stereocenters. The number of carbonyl (C=O) groups excluding carboxylic acids is 3. The number of pyridine rings is 3. The summed E-state index contributed by atoms with van der Waals surface area (Å²) in [5.41, 5.74) is 12.8. The predicted molar refractivity (Wildman–Crippen MR) is 429 cm³/mol. The molecule has 6 amide bonds. The molecule has 13 heterocycles. The number of rotatable bonds is 20. The van der Waals surface area contributed by atoms with Crippen LogP contribution in [0.4, 0.5) is 29.8 Å². The Balaban J connectivity index is 0.000000139. The van der Waals surface area contributed by atoms with Crippen LogP contribution in [0.15, 0.2) is 135 Å². The fraction of sp³-hybridized carbons (Fsp3) is 0.354. The SMILES string of the molecule is CCNC(=O)Nc1nc2cc(-c3cnc(C(C)(C)O)nc3)cc(-c3cc(CN4CC(C)(OC)C4)ccn3)c2s1.CCNC(=O)Nc1nc2cc(-c3cnc(C(C)O)nc3)cc(-c3cc(CN4CCC5(CC4)COC5)ccn3)c2s1.CCNC(=O)Nc1nc2cc(-c3cnc(C4(O)COC4)nc3)cc(-c3ccccn3)c2s1. The van der Waals surface area contributed by atoms with Crippen molar-refractivity contribution in [3.05, 3.63) is 163 Å². The first-order valence-corrected chi connectivity index (χ1v) is 39.1. The third-order valence-electron chi connectivity index (χ3n) is 19.4. The summed E-state index contributed by atoms with van der Waals surface area (Å²) < 4.78 is 18.9. The number of likely N-dealkylation sites (tertiary alicyclic amines) is 2. The van der Waals surface area contributed by atoms with E-state index in [9.17, 15) is 29.7 Å². The molecule has 574 valence electrons.